The Morgan fingerprint density at radius 3 is 2.62 bits per heavy atom. The molecule has 0 unspecified atom stereocenters. The number of benzene rings is 2. The van der Waals surface area contributed by atoms with Crippen LogP contribution < -0.4 is 9.47 Å². The molecule has 4 nitrogen and oxygen atoms in total. The number of ether oxygens (including phenoxy) is 2. The molecule has 0 fully saturated rings. The molecule has 5 heteroatoms. The van der Waals surface area contributed by atoms with Crippen molar-refractivity contribution in [2.24, 2.45) is 0 Å². The van der Waals surface area contributed by atoms with Crippen LogP contribution in [0.15, 0.2) is 36.4 Å². The monoisotopic (exact) mass is 287 g/mol. The smallest absolute Gasteiger partial charge is 0.161 e. The van der Waals surface area contributed by atoms with E-state index in [4.69, 9.17) is 19.8 Å². The summed E-state index contributed by atoms with van der Waals surface area (Å²) in [5, 5.41) is 17.8. The van der Waals surface area contributed by atoms with Gasteiger partial charge in [-0.2, -0.15) is 5.26 Å². The number of aliphatic hydroxyl groups excluding tert-OH is 1. The topological polar surface area (TPSA) is 62.5 Å². The van der Waals surface area contributed by atoms with Crippen molar-refractivity contribution in [1.82, 2.24) is 0 Å². The third-order valence-electron chi connectivity index (χ3n) is 2.98. The molecule has 0 heterocycles. The molecule has 0 aliphatic rings. The van der Waals surface area contributed by atoms with Gasteiger partial charge in [0.15, 0.2) is 11.5 Å². The van der Waals surface area contributed by atoms with E-state index in [0.717, 1.165) is 0 Å². The molecule has 0 atom stereocenters. The molecular weight excluding hydrogens is 273 g/mol. The van der Waals surface area contributed by atoms with Gasteiger partial charge < -0.3 is 14.6 Å². The molecule has 0 amide bonds. The highest BCUT2D eigenvalue weighted by molar-refractivity contribution is 5.43. The number of hydrogen-bond acceptors (Lipinski definition) is 4. The second-order valence-corrected chi connectivity index (χ2v) is 4.35. The Balaban J connectivity index is 2.15. The summed E-state index contributed by atoms with van der Waals surface area (Å²) in [4.78, 5) is 0. The first kappa shape index (κ1) is 14.8. The second-order valence-electron chi connectivity index (χ2n) is 4.35. The Labute approximate surface area is 122 Å². The molecule has 2 aromatic rings. The number of rotatable bonds is 5. The summed E-state index contributed by atoms with van der Waals surface area (Å²) in [6.45, 7) is -0.0761. The first-order chi connectivity index (χ1) is 10.2. The molecule has 21 heavy (non-hydrogen) atoms. The van der Waals surface area contributed by atoms with Crippen molar-refractivity contribution < 1.29 is 19.0 Å². The van der Waals surface area contributed by atoms with Gasteiger partial charge in [0.2, 0.25) is 0 Å². The van der Waals surface area contributed by atoms with Crippen molar-refractivity contribution in [3.8, 4) is 17.6 Å². The summed E-state index contributed by atoms with van der Waals surface area (Å²) in [7, 11) is 1.49. The number of hydrogen-bond donors (Lipinski definition) is 1. The van der Waals surface area contributed by atoms with Crippen LogP contribution in [-0.4, -0.2) is 12.2 Å². The van der Waals surface area contributed by atoms with Crippen LogP contribution in [0.4, 0.5) is 4.39 Å². The summed E-state index contributed by atoms with van der Waals surface area (Å²) in [5.74, 6) is 0.439. The van der Waals surface area contributed by atoms with E-state index in [1.54, 1.807) is 18.2 Å². The Hall–Kier alpha value is -2.58. The van der Waals surface area contributed by atoms with Crippen molar-refractivity contribution in [2.75, 3.05) is 7.11 Å². The fraction of sp³-hybridized carbons (Fsp3) is 0.188. The molecular formula is C16H14FNO3. The van der Waals surface area contributed by atoms with Gasteiger partial charge in [-0.1, -0.05) is 12.1 Å². The van der Waals surface area contributed by atoms with Crippen LogP contribution in [0.5, 0.6) is 11.5 Å². The van der Waals surface area contributed by atoms with Gasteiger partial charge in [-0.3, -0.25) is 0 Å². The molecule has 0 aromatic heterocycles. The van der Waals surface area contributed by atoms with Crippen molar-refractivity contribution in [3.63, 3.8) is 0 Å². The highest BCUT2D eigenvalue weighted by Gasteiger charge is 2.08. The van der Waals surface area contributed by atoms with Crippen LogP contribution in [0.1, 0.15) is 16.7 Å². The van der Waals surface area contributed by atoms with Crippen LogP contribution in [0.3, 0.4) is 0 Å². The molecule has 2 rings (SSSR count). The summed E-state index contributed by atoms with van der Waals surface area (Å²) >= 11 is 0. The van der Waals surface area contributed by atoms with Gasteiger partial charge >= 0.3 is 0 Å². The third kappa shape index (κ3) is 3.50. The lowest BCUT2D eigenvalue weighted by molar-refractivity contribution is 0.272. The fourth-order valence-electron chi connectivity index (χ4n) is 1.82. The van der Waals surface area contributed by atoms with Gasteiger partial charge in [0.25, 0.3) is 0 Å². The van der Waals surface area contributed by atoms with Crippen LogP contribution in [0.25, 0.3) is 0 Å². The molecule has 0 aliphatic heterocycles. The summed E-state index contributed by atoms with van der Waals surface area (Å²) in [6, 6.07) is 11.1. The molecule has 0 bridgehead atoms. The molecule has 0 aliphatic carbocycles. The van der Waals surface area contributed by atoms with E-state index in [1.165, 1.54) is 25.3 Å². The zero-order valence-corrected chi connectivity index (χ0v) is 11.5. The van der Waals surface area contributed by atoms with Crippen molar-refractivity contribution in [3.05, 3.63) is 58.9 Å². The van der Waals surface area contributed by atoms with Crippen LogP contribution >= 0.6 is 0 Å². The van der Waals surface area contributed by atoms with E-state index in [0.29, 0.717) is 22.6 Å². The SMILES string of the molecule is COc1cc(CO)ccc1OCc1ccc(C#N)cc1F. The number of methoxy groups -OCH3 is 1. The minimum atomic E-state index is -0.486. The zero-order chi connectivity index (χ0) is 15.2. The average Bonchev–Trinajstić information content (AvgIpc) is 2.53. The predicted molar refractivity (Wildman–Crippen MR) is 74.4 cm³/mol. The molecule has 108 valence electrons. The Morgan fingerprint density at radius 1 is 1.19 bits per heavy atom. The third-order valence-corrected chi connectivity index (χ3v) is 2.98. The summed E-state index contributed by atoms with van der Waals surface area (Å²) in [6.07, 6.45) is 0. The zero-order valence-electron chi connectivity index (χ0n) is 11.5. The Morgan fingerprint density at radius 2 is 2.00 bits per heavy atom. The van der Waals surface area contributed by atoms with Gasteiger partial charge in [0.1, 0.15) is 12.4 Å². The first-order valence-corrected chi connectivity index (χ1v) is 6.27. The number of nitrogens with zero attached hydrogens (tertiary/aromatic N) is 1. The first-order valence-electron chi connectivity index (χ1n) is 6.27. The van der Waals surface area contributed by atoms with E-state index in [2.05, 4.69) is 0 Å². The standard InChI is InChI=1S/C16H14FNO3/c1-20-16-7-12(9-19)3-5-15(16)21-10-13-4-2-11(8-18)6-14(13)17/h2-7,19H,9-10H2,1H3. The Kier molecular flexibility index (Phi) is 4.75. The molecule has 2 aromatic carbocycles. The maximum Gasteiger partial charge on any atom is 0.161 e. The van der Waals surface area contributed by atoms with Crippen LogP contribution in [-0.2, 0) is 13.2 Å². The van der Waals surface area contributed by atoms with Gasteiger partial charge in [0.05, 0.1) is 25.3 Å². The molecule has 1 N–H and O–H groups in total. The van der Waals surface area contributed by atoms with E-state index in [-0.39, 0.29) is 18.8 Å². The highest BCUT2D eigenvalue weighted by atomic mass is 19.1. The number of nitriles is 1. The quantitative estimate of drug-likeness (QED) is 0.918. The number of aliphatic hydroxyl groups is 1. The molecule has 0 saturated heterocycles. The van der Waals surface area contributed by atoms with Gasteiger partial charge in [-0.25, -0.2) is 4.39 Å². The summed E-state index contributed by atoms with van der Waals surface area (Å²) < 4.78 is 24.5. The normalized spacial score (nSPS) is 10.0. The van der Waals surface area contributed by atoms with Crippen molar-refractivity contribution in [2.45, 2.75) is 13.2 Å². The maximum absolute atomic E-state index is 13.7. The lowest BCUT2D eigenvalue weighted by atomic mass is 10.1. The minimum absolute atomic E-state index is 0.0202. The van der Waals surface area contributed by atoms with Gasteiger partial charge in [-0.15, -0.1) is 0 Å². The highest BCUT2D eigenvalue weighted by Crippen LogP contribution is 2.29. The molecule has 0 saturated carbocycles. The molecule has 0 spiro atoms. The van der Waals surface area contributed by atoms with Gasteiger partial charge in [0, 0.05) is 5.56 Å². The molecule has 0 radical (unpaired) electrons. The number of halogens is 1. The second kappa shape index (κ2) is 6.73. The largest absolute Gasteiger partial charge is 0.493 e. The van der Waals surface area contributed by atoms with E-state index >= 15 is 0 Å². The van der Waals surface area contributed by atoms with Crippen molar-refractivity contribution >= 4 is 0 Å². The summed E-state index contributed by atoms with van der Waals surface area (Å²) in [5.41, 5.74) is 1.31. The Bertz CT molecular complexity index is 680. The van der Waals surface area contributed by atoms with Gasteiger partial charge in [-0.05, 0) is 29.8 Å². The minimum Gasteiger partial charge on any atom is -0.493 e. The van der Waals surface area contributed by atoms with E-state index in [1.807, 2.05) is 6.07 Å². The van der Waals surface area contributed by atoms with Crippen molar-refractivity contribution in [1.29, 1.82) is 5.26 Å². The lowest BCUT2D eigenvalue weighted by Crippen LogP contribution is -2.01. The van der Waals surface area contributed by atoms with Crippen LogP contribution in [0, 0.1) is 17.1 Å². The van der Waals surface area contributed by atoms with E-state index < -0.39 is 5.82 Å². The van der Waals surface area contributed by atoms with E-state index in [9.17, 15) is 4.39 Å². The average molecular weight is 287 g/mol. The fourth-order valence-corrected chi connectivity index (χ4v) is 1.82. The predicted octanol–water partition coefficient (Wildman–Crippen LogP) is 2.78. The lowest BCUT2D eigenvalue weighted by Gasteiger charge is -2.12. The maximum atomic E-state index is 13.7. The van der Waals surface area contributed by atoms with Crippen LogP contribution in [0.2, 0.25) is 0 Å².